The Morgan fingerprint density at radius 1 is 1.35 bits per heavy atom. The van der Waals surface area contributed by atoms with Gasteiger partial charge in [-0.25, -0.2) is 9.97 Å². The van der Waals surface area contributed by atoms with Crippen molar-refractivity contribution in [3.05, 3.63) is 16.6 Å². The first kappa shape index (κ1) is 12.5. The third-order valence-corrected chi connectivity index (χ3v) is 3.20. The number of aromatic nitrogens is 2. The molecule has 0 aliphatic carbocycles. The van der Waals surface area contributed by atoms with Crippen molar-refractivity contribution in [2.24, 2.45) is 0 Å². The molecule has 0 spiro atoms. The van der Waals surface area contributed by atoms with Gasteiger partial charge in [-0.2, -0.15) is 0 Å². The highest BCUT2D eigenvalue weighted by atomic mass is 35.5. The van der Waals surface area contributed by atoms with Crippen molar-refractivity contribution in [3.8, 4) is 0 Å². The fourth-order valence-electron chi connectivity index (χ4n) is 1.73. The molecule has 92 valence electrons. The first-order chi connectivity index (χ1) is 8.18. The minimum Gasteiger partial charge on any atom is -0.320 e. The lowest BCUT2D eigenvalue weighted by molar-refractivity contribution is -0.118. The molecule has 0 unspecified atom stereocenters. The highest BCUT2D eigenvalue weighted by Crippen LogP contribution is 2.26. The molecule has 2 rings (SSSR count). The summed E-state index contributed by atoms with van der Waals surface area (Å²) in [5, 5.41) is 6.09. The van der Waals surface area contributed by atoms with Gasteiger partial charge in [-0.15, -0.1) is 0 Å². The van der Waals surface area contributed by atoms with E-state index in [-0.39, 0.29) is 27.9 Å². The van der Waals surface area contributed by atoms with Crippen molar-refractivity contribution in [2.75, 3.05) is 11.9 Å². The van der Waals surface area contributed by atoms with Crippen molar-refractivity contribution >= 4 is 34.8 Å². The predicted molar refractivity (Wildman–Crippen MR) is 66.3 cm³/mol. The Kier molecular flexibility index (Phi) is 4.15. The number of amides is 1. The van der Waals surface area contributed by atoms with E-state index in [0.29, 0.717) is 0 Å². The van der Waals surface area contributed by atoms with E-state index in [2.05, 4.69) is 20.6 Å². The molecular weight excluding hydrogens is 263 g/mol. The van der Waals surface area contributed by atoms with E-state index in [1.807, 2.05) is 0 Å². The summed E-state index contributed by atoms with van der Waals surface area (Å²) in [5.41, 5.74) is 0.271. The van der Waals surface area contributed by atoms with Crippen LogP contribution in [0.4, 0.5) is 5.69 Å². The summed E-state index contributed by atoms with van der Waals surface area (Å²) in [6.07, 6.45) is 4.20. The molecule has 1 aliphatic heterocycles. The molecule has 0 bridgehead atoms. The number of carbonyl (C=O) groups excluding carboxylic acids is 1. The number of nitrogens with zero attached hydrogens (tertiary/aromatic N) is 2. The van der Waals surface area contributed by atoms with Crippen LogP contribution in [0.2, 0.25) is 10.3 Å². The second kappa shape index (κ2) is 5.62. The van der Waals surface area contributed by atoms with Crippen LogP contribution in [0.15, 0.2) is 6.33 Å². The van der Waals surface area contributed by atoms with Crippen LogP contribution in [-0.2, 0) is 4.79 Å². The zero-order valence-corrected chi connectivity index (χ0v) is 10.6. The Hall–Kier alpha value is -0.910. The number of rotatable bonds is 2. The van der Waals surface area contributed by atoms with Crippen LogP contribution in [0.1, 0.15) is 19.3 Å². The van der Waals surface area contributed by atoms with Gasteiger partial charge in [0.05, 0.1) is 6.04 Å². The highest BCUT2D eigenvalue weighted by molar-refractivity contribution is 6.38. The Labute approximate surface area is 109 Å². The predicted octanol–water partition coefficient (Wildman–Crippen LogP) is 1.86. The summed E-state index contributed by atoms with van der Waals surface area (Å²) >= 11 is 11.7. The lowest BCUT2D eigenvalue weighted by atomic mass is 10.0. The third kappa shape index (κ3) is 3.06. The van der Waals surface area contributed by atoms with Crippen LogP contribution in [0, 0.1) is 0 Å². The van der Waals surface area contributed by atoms with Crippen molar-refractivity contribution in [1.29, 1.82) is 0 Å². The molecule has 7 heteroatoms. The molecule has 0 saturated carbocycles. The molecule has 1 amide bonds. The molecular formula is C10H12Cl2N4O. The van der Waals surface area contributed by atoms with E-state index in [9.17, 15) is 4.79 Å². The van der Waals surface area contributed by atoms with E-state index < -0.39 is 0 Å². The minimum atomic E-state index is -0.198. The maximum absolute atomic E-state index is 11.9. The normalized spacial score (nSPS) is 20.0. The zero-order valence-electron chi connectivity index (χ0n) is 9.04. The van der Waals surface area contributed by atoms with E-state index in [4.69, 9.17) is 23.2 Å². The number of carbonyl (C=O) groups is 1. The maximum Gasteiger partial charge on any atom is 0.241 e. The number of hydrogen-bond donors (Lipinski definition) is 2. The minimum absolute atomic E-state index is 0.147. The number of halogens is 2. The fraction of sp³-hybridized carbons (Fsp3) is 0.500. The Bertz CT molecular complexity index is 401. The zero-order chi connectivity index (χ0) is 12.3. The first-order valence-electron chi connectivity index (χ1n) is 5.38. The molecule has 17 heavy (non-hydrogen) atoms. The quantitative estimate of drug-likeness (QED) is 0.808. The fourth-order valence-corrected chi connectivity index (χ4v) is 2.14. The Morgan fingerprint density at radius 2 is 2.06 bits per heavy atom. The lowest BCUT2D eigenvalue weighted by Gasteiger charge is -2.22. The number of nitrogens with one attached hydrogen (secondary N) is 2. The van der Waals surface area contributed by atoms with Crippen molar-refractivity contribution < 1.29 is 4.79 Å². The van der Waals surface area contributed by atoms with Gasteiger partial charge in [0.2, 0.25) is 5.91 Å². The summed E-state index contributed by atoms with van der Waals surface area (Å²) in [6.45, 7) is 0.852. The Balaban J connectivity index is 2.07. The van der Waals surface area contributed by atoms with Crippen LogP contribution in [0.25, 0.3) is 0 Å². The summed E-state index contributed by atoms with van der Waals surface area (Å²) in [6, 6.07) is -0.198. The largest absolute Gasteiger partial charge is 0.320 e. The second-order valence-corrected chi connectivity index (χ2v) is 4.54. The van der Waals surface area contributed by atoms with E-state index in [1.54, 1.807) is 0 Å². The van der Waals surface area contributed by atoms with Crippen LogP contribution >= 0.6 is 23.2 Å². The van der Waals surface area contributed by atoms with Gasteiger partial charge in [0.15, 0.2) is 10.3 Å². The lowest BCUT2D eigenvalue weighted by Crippen LogP contribution is -2.43. The molecule has 1 saturated heterocycles. The SMILES string of the molecule is O=C(Nc1c(Cl)ncnc1Cl)[C@H]1CCCCN1. The third-order valence-electron chi connectivity index (χ3n) is 2.63. The highest BCUT2D eigenvalue weighted by Gasteiger charge is 2.22. The first-order valence-corrected chi connectivity index (χ1v) is 6.14. The van der Waals surface area contributed by atoms with E-state index in [0.717, 1.165) is 25.8 Å². The van der Waals surface area contributed by atoms with Crippen LogP contribution in [0.3, 0.4) is 0 Å². The van der Waals surface area contributed by atoms with Crippen molar-refractivity contribution in [3.63, 3.8) is 0 Å². The van der Waals surface area contributed by atoms with Gasteiger partial charge in [0.25, 0.3) is 0 Å². The van der Waals surface area contributed by atoms with Gasteiger partial charge in [-0.3, -0.25) is 4.79 Å². The smallest absolute Gasteiger partial charge is 0.241 e. The Morgan fingerprint density at radius 3 is 2.65 bits per heavy atom. The van der Waals surface area contributed by atoms with E-state index in [1.165, 1.54) is 6.33 Å². The summed E-state index contributed by atoms with van der Waals surface area (Å²) in [7, 11) is 0. The molecule has 2 heterocycles. The molecule has 5 nitrogen and oxygen atoms in total. The van der Waals surface area contributed by atoms with Gasteiger partial charge in [0, 0.05) is 0 Å². The molecule has 0 radical (unpaired) electrons. The van der Waals surface area contributed by atoms with Crippen LogP contribution in [-0.4, -0.2) is 28.5 Å². The molecule has 1 aromatic heterocycles. The van der Waals surface area contributed by atoms with Gasteiger partial charge in [-0.1, -0.05) is 29.6 Å². The number of piperidine rings is 1. The summed E-state index contributed by atoms with van der Waals surface area (Å²) in [5.74, 6) is -0.150. The van der Waals surface area contributed by atoms with Gasteiger partial charge in [-0.05, 0) is 19.4 Å². The molecule has 1 fully saturated rings. The second-order valence-electron chi connectivity index (χ2n) is 3.82. The monoisotopic (exact) mass is 274 g/mol. The molecule has 2 N–H and O–H groups in total. The number of anilines is 1. The van der Waals surface area contributed by atoms with Gasteiger partial charge >= 0.3 is 0 Å². The van der Waals surface area contributed by atoms with Gasteiger partial charge < -0.3 is 10.6 Å². The average Bonchev–Trinajstić information content (AvgIpc) is 2.35. The van der Waals surface area contributed by atoms with Gasteiger partial charge in [0.1, 0.15) is 12.0 Å². The maximum atomic E-state index is 11.9. The molecule has 1 aromatic rings. The number of hydrogen-bond acceptors (Lipinski definition) is 4. The van der Waals surface area contributed by atoms with Crippen molar-refractivity contribution in [2.45, 2.75) is 25.3 Å². The van der Waals surface area contributed by atoms with Crippen molar-refractivity contribution in [1.82, 2.24) is 15.3 Å². The summed E-state index contributed by atoms with van der Waals surface area (Å²) < 4.78 is 0. The summed E-state index contributed by atoms with van der Waals surface area (Å²) in [4.78, 5) is 19.5. The van der Waals surface area contributed by atoms with Crippen LogP contribution in [0.5, 0.6) is 0 Å². The average molecular weight is 275 g/mol. The molecule has 1 aliphatic rings. The topological polar surface area (TPSA) is 66.9 Å². The molecule has 0 aromatic carbocycles. The molecule has 1 atom stereocenters. The van der Waals surface area contributed by atoms with Crippen LogP contribution < -0.4 is 10.6 Å². The standard InChI is InChI=1S/C10H12Cl2N4O/c11-8-7(9(12)15-5-14-8)16-10(17)6-3-1-2-4-13-6/h5-6,13H,1-4H2,(H,16,17)/t6-/m1/s1. The van der Waals surface area contributed by atoms with E-state index >= 15 is 0 Å².